The van der Waals surface area contributed by atoms with Gasteiger partial charge < -0.3 is 14.5 Å². The van der Waals surface area contributed by atoms with Gasteiger partial charge in [0.05, 0.1) is 12.8 Å². The van der Waals surface area contributed by atoms with E-state index in [4.69, 9.17) is 9.15 Å². The number of rotatable bonds is 4. The summed E-state index contributed by atoms with van der Waals surface area (Å²) in [7, 11) is 1.58. The molecule has 0 bridgehead atoms. The van der Waals surface area contributed by atoms with Crippen molar-refractivity contribution < 1.29 is 13.9 Å². The van der Waals surface area contributed by atoms with E-state index in [0.29, 0.717) is 17.0 Å². The third-order valence-electron chi connectivity index (χ3n) is 3.90. The number of furan rings is 1. The lowest BCUT2D eigenvalue weighted by Crippen LogP contribution is -2.08. The first-order valence-electron chi connectivity index (χ1n) is 7.76. The molecule has 2 heterocycles. The van der Waals surface area contributed by atoms with Gasteiger partial charge in [-0.1, -0.05) is 24.3 Å². The maximum absolute atomic E-state index is 12.2. The number of hydrogen-bond donors (Lipinski definition) is 1. The molecule has 0 radical (unpaired) electrons. The highest BCUT2D eigenvalue weighted by Crippen LogP contribution is 2.36. The predicted octanol–water partition coefficient (Wildman–Crippen LogP) is 5.31. The highest BCUT2D eigenvalue weighted by molar-refractivity contribution is 7.10. The Morgan fingerprint density at radius 3 is 2.80 bits per heavy atom. The van der Waals surface area contributed by atoms with Crippen molar-refractivity contribution >= 4 is 50.9 Å². The largest absolute Gasteiger partial charge is 0.495 e. The Hall–Kier alpha value is -3.05. The van der Waals surface area contributed by atoms with Gasteiger partial charge in [0.25, 0.3) is 0 Å². The van der Waals surface area contributed by atoms with Gasteiger partial charge in [-0.25, -0.2) is 0 Å². The van der Waals surface area contributed by atoms with Gasteiger partial charge in [-0.2, -0.15) is 0 Å². The van der Waals surface area contributed by atoms with Gasteiger partial charge in [0.1, 0.15) is 16.9 Å². The van der Waals surface area contributed by atoms with E-state index in [2.05, 4.69) is 5.32 Å². The molecule has 0 spiro atoms. The average Bonchev–Trinajstić information content (AvgIpc) is 3.26. The monoisotopic (exact) mass is 349 g/mol. The minimum atomic E-state index is -0.220. The van der Waals surface area contributed by atoms with Crippen molar-refractivity contribution in [1.29, 1.82) is 0 Å². The quantitative estimate of drug-likeness (QED) is 0.508. The summed E-state index contributed by atoms with van der Waals surface area (Å²) in [6, 6.07) is 15.4. The Balaban J connectivity index is 1.68. The number of carbonyl (C=O) groups excluding carboxylic acids is 1. The fourth-order valence-corrected chi connectivity index (χ4v) is 3.35. The number of methoxy groups -OCH3 is 1. The van der Waals surface area contributed by atoms with Crippen LogP contribution < -0.4 is 10.1 Å². The van der Waals surface area contributed by atoms with Crippen LogP contribution in [0.15, 0.2) is 64.4 Å². The summed E-state index contributed by atoms with van der Waals surface area (Å²) in [5.41, 5.74) is 2.09. The Morgan fingerprint density at radius 1 is 1.12 bits per heavy atom. The summed E-state index contributed by atoms with van der Waals surface area (Å²) in [4.78, 5) is 13.2. The van der Waals surface area contributed by atoms with Gasteiger partial charge in [0, 0.05) is 27.8 Å². The molecule has 25 heavy (non-hydrogen) atoms. The van der Waals surface area contributed by atoms with Crippen molar-refractivity contribution in [2.24, 2.45) is 0 Å². The number of ether oxygens (including phenoxy) is 1. The predicted molar refractivity (Wildman–Crippen MR) is 102 cm³/mol. The molecule has 0 aliphatic carbocycles. The maximum atomic E-state index is 12.2. The molecule has 2 aromatic heterocycles. The Bertz CT molecular complexity index is 1080. The zero-order valence-corrected chi connectivity index (χ0v) is 14.3. The lowest BCUT2D eigenvalue weighted by Gasteiger charge is -2.08. The SMILES string of the molecule is COc1cc2c(cc1NC(=O)/C=C/c1cccs1)oc1ccccc12. The van der Waals surface area contributed by atoms with E-state index in [-0.39, 0.29) is 5.91 Å². The van der Waals surface area contributed by atoms with E-state index < -0.39 is 0 Å². The lowest BCUT2D eigenvalue weighted by molar-refractivity contribution is -0.111. The number of anilines is 1. The molecular formula is C20H15NO3S. The first kappa shape index (κ1) is 15.5. The van der Waals surface area contributed by atoms with E-state index in [1.54, 1.807) is 30.6 Å². The maximum Gasteiger partial charge on any atom is 0.248 e. The van der Waals surface area contributed by atoms with E-state index >= 15 is 0 Å². The minimum absolute atomic E-state index is 0.220. The Morgan fingerprint density at radius 2 is 2.00 bits per heavy atom. The number of hydrogen-bond acceptors (Lipinski definition) is 4. The summed E-state index contributed by atoms with van der Waals surface area (Å²) >= 11 is 1.58. The number of thiophene rings is 1. The fraction of sp³-hybridized carbons (Fsp3) is 0.0500. The molecule has 4 rings (SSSR count). The summed E-state index contributed by atoms with van der Waals surface area (Å²) in [5.74, 6) is 0.374. The van der Waals surface area contributed by atoms with Crippen LogP contribution >= 0.6 is 11.3 Å². The number of fused-ring (bicyclic) bond motifs is 3. The Labute approximate surface area is 148 Å². The number of nitrogens with one attached hydrogen (secondary N) is 1. The lowest BCUT2D eigenvalue weighted by atomic mass is 10.1. The molecule has 0 saturated carbocycles. The second-order valence-electron chi connectivity index (χ2n) is 5.48. The molecule has 0 unspecified atom stereocenters. The van der Waals surface area contributed by atoms with Crippen LogP contribution in [0.25, 0.3) is 28.0 Å². The van der Waals surface area contributed by atoms with Crippen molar-refractivity contribution in [3.8, 4) is 5.75 Å². The normalized spacial score (nSPS) is 11.4. The Kier molecular flexibility index (Phi) is 3.99. The van der Waals surface area contributed by atoms with Crippen molar-refractivity contribution in [2.45, 2.75) is 0 Å². The minimum Gasteiger partial charge on any atom is -0.495 e. The first-order valence-corrected chi connectivity index (χ1v) is 8.64. The first-order chi connectivity index (χ1) is 12.2. The zero-order chi connectivity index (χ0) is 17.2. The van der Waals surface area contributed by atoms with Crippen LogP contribution in [0.4, 0.5) is 5.69 Å². The van der Waals surface area contributed by atoms with Crippen molar-refractivity contribution in [1.82, 2.24) is 0 Å². The van der Waals surface area contributed by atoms with Crippen molar-refractivity contribution in [3.05, 3.63) is 64.9 Å². The summed E-state index contributed by atoms with van der Waals surface area (Å²) in [5, 5.41) is 6.80. The van der Waals surface area contributed by atoms with Crippen LogP contribution in [0.1, 0.15) is 4.88 Å². The summed E-state index contributed by atoms with van der Waals surface area (Å²) < 4.78 is 11.3. The van der Waals surface area contributed by atoms with Crippen LogP contribution in [0.3, 0.4) is 0 Å². The summed E-state index contributed by atoms with van der Waals surface area (Å²) in [6.45, 7) is 0. The molecule has 4 aromatic rings. The molecule has 0 saturated heterocycles. The van der Waals surface area contributed by atoms with Crippen molar-refractivity contribution in [3.63, 3.8) is 0 Å². The molecular weight excluding hydrogens is 334 g/mol. The second kappa shape index (κ2) is 6.45. The molecule has 124 valence electrons. The molecule has 2 aromatic carbocycles. The molecule has 0 aliphatic rings. The van der Waals surface area contributed by atoms with E-state index in [9.17, 15) is 4.79 Å². The van der Waals surface area contributed by atoms with E-state index in [1.165, 1.54) is 6.08 Å². The number of carbonyl (C=O) groups is 1. The van der Waals surface area contributed by atoms with E-state index in [0.717, 1.165) is 21.2 Å². The highest BCUT2D eigenvalue weighted by atomic mass is 32.1. The molecule has 0 fully saturated rings. The van der Waals surface area contributed by atoms with Crippen molar-refractivity contribution in [2.75, 3.05) is 12.4 Å². The molecule has 4 nitrogen and oxygen atoms in total. The number of para-hydroxylation sites is 1. The van der Waals surface area contributed by atoms with Crippen LogP contribution in [-0.2, 0) is 4.79 Å². The third-order valence-corrected chi connectivity index (χ3v) is 4.74. The number of amides is 1. The highest BCUT2D eigenvalue weighted by Gasteiger charge is 2.13. The average molecular weight is 349 g/mol. The van der Waals surface area contributed by atoms with Gasteiger partial charge in [-0.15, -0.1) is 11.3 Å². The molecule has 1 amide bonds. The van der Waals surface area contributed by atoms with Gasteiger partial charge >= 0.3 is 0 Å². The molecule has 0 aliphatic heterocycles. The smallest absolute Gasteiger partial charge is 0.248 e. The van der Waals surface area contributed by atoms with Gasteiger partial charge in [0.15, 0.2) is 0 Å². The molecule has 0 atom stereocenters. The van der Waals surface area contributed by atoms with Crippen LogP contribution in [0.2, 0.25) is 0 Å². The summed E-state index contributed by atoms with van der Waals surface area (Å²) in [6.07, 6.45) is 3.29. The number of benzene rings is 2. The van der Waals surface area contributed by atoms with Crippen LogP contribution in [0.5, 0.6) is 5.75 Å². The third kappa shape index (κ3) is 3.02. The van der Waals surface area contributed by atoms with Gasteiger partial charge in [0.2, 0.25) is 5.91 Å². The second-order valence-corrected chi connectivity index (χ2v) is 6.46. The van der Waals surface area contributed by atoms with Crippen LogP contribution in [0, 0.1) is 0 Å². The molecule has 1 N–H and O–H groups in total. The molecule has 5 heteroatoms. The van der Waals surface area contributed by atoms with Gasteiger partial charge in [-0.3, -0.25) is 4.79 Å². The zero-order valence-electron chi connectivity index (χ0n) is 13.5. The van der Waals surface area contributed by atoms with Crippen LogP contribution in [-0.4, -0.2) is 13.0 Å². The van der Waals surface area contributed by atoms with Gasteiger partial charge in [-0.05, 0) is 29.7 Å². The topological polar surface area (TPSA) is 51.5 Å². The van der Waals surface area contributed by atoms with E-state index in [1.807, 2.05) is 47.8 Å². The fourth-order valence-electron chi connectivity index (χ4n) is 2.74. The standard InChI is InChI=1S/C20H15NO3S/c1-23-19-11-15-14-6-2-3-7-17(14)24-18(15)12-16(19)21-20(22)9-8-13-5-4-10-25-13/h2-12H,1H3,(H,21,22)/b9-8+.